The molecular formula is C62H123NO5. The van der Waals surface area contributed by atoms with Gasteiger partial charge in [0.1, 0.15) is 0 Å². The van der Waals surface area contributed by atoms with E-state index in [2.05, 4.69) is 19.2 Å². The van der Waals surface area contributed by atoms with Gasteiger partial charge in [-0.2, -0.15) is 0 Å². The number of hydrogen-bond donors (Lipinski definition) is 3. The monoisotopic (exact) mass is 962 g/mol. The van der Waals surface area contributed by atoms with Crippen molar-refractivity contribution in [3.8, 4) is 0 Å². The van der Waals surface area contributed by atoms with Gasteiger partial charge in [-0.25, -0.2) is 0 Å². The predicted molar refractivity (Wildman–Crippen MR) is 297 cm³/mol. The molecule has 2 unspecified atom stereocenters. The molecule has 0 fully saturated rings. The number of esters is 1. The Morgan fingerprint density at radius 2 is 0.603 bits per heavy atom. The molecule has 0 aromatic carbocycles. The minimum Gasteiger partial charge on any atom is -0.466 e. The Hall–Kier alpha value is -1.14. The number of amides is 1. The minimum absolute atomic E-state index is 0.00829. The first-order valence-corrected chi connectivity index (χ1v) is 31.3. The summed E-state index contributed by atoms with van der Waals surface area (Å²) < 4.78 is 5.48. The van der Waals surface area contributed by atoms with Crippen LogP contribution in [-0.2, 0) is 14.3 Å². The zero-order chi connectivity index (χ0) is 49.3. The molecule has 0 aliphatic carbocycles. The molecule has 6 nitrogen and oxygen atoms in total. The smallest absolute Gasteiger partial charge is 0.305 e. The van der Waals surface area contributed by atoms with Crippen LogP contribution in [0, 0.1) is 0 Å². The molecule has 0 aromatic heterocycles. The molecule has 0 saturated carbocycles. The molecular weight excluding hydrogens is 839 g/mol. The van der Waals surface area contributed by atoms with Gasteiger partial charge in [-0.15, -0.1) is 0 Å². The highest BCUT2D eigenvalue weighted by Crippen LogP contribution is 2.19. The quantitative estimate of drug-likeness (QED) is 0.0417. The molecule has 1 amide bonds. The van der Waals surface area contributed by atoms with Crippen LogP contribution in [0.3, 0.4) is 0 Å². The van der Waals surface area contributed by atoms with Gasteiger partial charge in [0, 0.05) is 12.8 Å². The Morgan fingerprint density at radius 3 is 0.897 bits per heavy atom. The number of nitrogens with one attached hydrogen (secondary N) is 1. The summed E-state index contributed by atoms with van der Waals surface area (Å²) in [6.07, 6.45) is 68.2. The Morgan fingerprint density at radius 1 is 0.353 bits per heavy atom. The van der Waals surface area contributed by atoms with Crippen LogP contribution in [0.15, 0.2) is 0 Å². The second-order valence-corrected chi connectivity index (χ2v) is 21.8. The highest BCUT2D eigenvalue weighted by molar-refractivity contribution is 5.76. The van der Waals surface area contributed by atoms with Crippen molar-refractivity contribution in [1.29, 1.82) is 0 Å². The van der Waals surface area contributed by atoms with Crippen LogP contribution < -0.4 is 5.32 Å². The summed E-state index contributed by atoms with van der Waals surface area (Å²) in [6, 6.07) is -0.545. The third kappa shape index (κ3) is 54.2. The highest BCUT2D eigenvalue weighted by atomic mass is 16.5. The van der Waals surface area contributed by atoms with E-state index >= 15 is 0 Å². The zero-order valence-electron chi connectivity index (χ0n) is 46.4. The maximum Gasteiger partial charge on any atom is 0.305 e. The van der Waals surface area contributed by atoms with Crippen molar-refractivity contribution >= 4 is 11.9 Å². The van der Waals surface area contributed by atoms with Crippen molar-refractivity contribution in [2.45, 2.75) is 373 Å². The minimum atomic E-state index is -0.667. The number of unbranched alkanes of at least 4 members (excludes halogenated alkanes) is 48. The van der Waals surface area contributed by atoms with E-state index in [-0.39, 0.29) is 18.5 Å². The first-order valence-electron chi connectivity index (χ1n) is 31.3. The number of aliphatic hydroxyl groups excluding tert-OH is 2. The van der Waals surface area contributed by atoms with Gasteiger partial charge >= 0.3 is 5.97 Å². The number of carbonyl (C=O) groups excluding carboxylic acids is 2. The summed E-state index contributed by atoms with van der Waals surface area (Å²) in [4.78, 5) is 24.6. The summed E-state index contributed by atoms with van der Waals surface area (Å²) in [5.41, 5.74) is 0. The summed E-state index contributed by atoms with van der Waals surface area (Å²) in [7, 11) is 0. The lowest BCUT2D eigenvalue weighted by atomic mass is 10.0. The zero-order valence-corrected chi connectivity index (χ0v) is 46.4. The molecule has 6 heteroatoms. The number of rotatable bonds is 59. The lowest BCUT2D eigenvalue weighted by molar-refractivity contribution is -0.143. The number of carbonyl (C=O) groups is 2. The van der Waals surface area contributed by atoms with E-state index in [4.69, 9.17) is 4.74 Å². The van der Waals surface area contributed by atoms with Gasteiger partial charge in [0.05, 0.1) is 25.4 Å². The van der Waals surface area contributed by atoms with Crippen molar-refractivity contribution in [1.82, 2.24) is 5.32 Å². The first-order chi connectivity index (χ1) is 33.5. The van der Waals surface area contributed by atoms with Gasteiger partial charge in [0.2, 0.25) is 5.91 Å². The van der Waals surface area contributed by atoms with E-state index in [1.165, 1.54) is 289 Å². The number of hydrogen-bond acceptors (Lipinski definition) is 5. The van der Waals surface area contributed by atoms with Crippen LogP contribution in [0.4, 0.5) is 0 Å². The molecule has 0 aromatic rings. The SMILES string of the molecule is CCCCCCCCCCCCCCCCCCCCCCCC(O)C(CO)NC(=O)CCCCCCCCCCCCCCCCCCCOC(=O)CCCCCCCCCCCCCCC. The van der Waals surface area contributed by atoms with E-state index in [9.17, 15) is 19.8 Å². The lowest BCUT2D eigenvalue weighted by Crippen LogP contribution is -2.45. The second-order valence-electron chi connectivity index (χ2n) is 21.8. The van der Waals surface area contributed by atoms with Crippen LogP contribution in [0.1, 0.15) is 361 Å². The van der Waals surface area contributed by atoms with Crippen molar-refractivity contribution in [3.05, 3.63) is 0 Å². The Kier molecular flexibility index (Phi) is 57.5. The first kappa shape index (κ1) is 66.9. The van der Waals surface area contributed by atoms with Crippen LogP contribution >= 0.6 is 0 Å². The molecule has 0 aliphatic heterocycles. The Bertz CT molecular complexity index is 975. The fraction of sp³-hybridized carbons (Fsp3) is 0.968. The maximum atomic E-state index is 12.5. The van der Waals surface area contributed by atoms with Crippen LogP contribution in [0.2, 0.25) is 0 Å². The molecule has 3 N–H and O–H groups in total. The van der Waals surface area contributed by atoms with Crippen molar-refractivity contribution in [3.63, 3.8) is 0 Å². The van der Waals surface area contributed by atoms with Crippen LogP contribution in [0.25, 0.3) is 0 Å². The number of ether oxygens (including phenoxy) is 1. The summed E-state index contributed by atoms with van der Waals surface area (Å²) in [5, 5.41) is 23.4. The molecule has 0 rings (SSSR count). The van der Waals surface area contributed by atoms with E-state index in [0.717, 1.165) is 38.5 Å². The summed E-state index contributed by atoms with van der Waals surface area (Å²) in [6.45, 7) is 4.98. The average Bonchev–Trinajstić information content (AvgIpc) is 3.34. The fourth-order valence-electron chi connectivity index (χ4n) is 10.1. The molecule has 2 atom stereocenters. The van der Waals surface area contributed by atoms with Gasteiger partial charge in [0.25, 0.3) is 0 Å². The van der Waals surface area contributed by atoms with Crippen LogP contribution in [-0.4, -0.2) is 47.4 Å². The van der Waals surface area contributed by atoms with Gasteiger partial charge in [-0.05, 0) is 25.7 Å². The fourth-order valence-corrected chi connectivity index (χ4v) is 10.1. The molecule has 0 saturated heterocycles. The third-order valence-corrected chi connectivity index (χ3v) is 14.9. The second kappa shape index (κ2) is 58.4. The van der Waals surface area contributed by atoms with Gasteiger partial charge in [0.15, 0.2) is 0 Å². The van der Waals surface area contributed by atoms with Crippen LogP contribution in [0.5, 0.6) is 0 Å². The lowest BCUT2D eigenvalue weighted by Gasteiger charge is -2.22. The predicted octanol–water partition coefficient (Wildman–Crippen LogP) is 19.5. The molecule has 68 heavy (non-hydrogen) atoms. The number of aliphatic hydroxyl groups is 2. The summed E-state index contributed by atoms with van der Waals surface area (Å²) >= 11 is 0. The molecule has 406 valence electrons. The van der Waals surface area contributed by atoms with Crippen molar-refractivity contribution in [2.24, 2.45) is 0 Å². The molecule has 0 aliphatic rings. The molecule has 0 radical (unpaired) electrons. The normalized spacial score (nSPS) is 12.5. The highest BCUT2D eigenvalue weighted by Gasteiger charge is 2.20. The third-order valence-electron chi connectivity index (χ3n) is 14.9. The molecule has 0 heterocycles. The standard InChI is InChI=1S/C62H123NO5/c1-3-5-7-9-11-13-15-17-18-19-20-21-22-24-27-31-34-38-42-46-50-54-60(65)59(58-64)63-61(66)55-51-47-43-39-35-32-28-25-23-26-29-33-37-41-45-49-53-57-68-62(67)56-52-48-44-40-36-30-16-14-12-10-8-6-4-2/h59-60,64-65H,3-58H2,1-2H3,(H,63,66). The topological polar surface area (TPSA) is 95.9 Å². The average molecular weight is 963 g/mol. The van der Waals surface area contributed by atoms with E-state index < -0.39 is 12.1 Å². The van der Waals surface area contributed by atoms with Crippen molar-refractivity contribution < 1.29 is 24.5 Å². The largest absolute Gasteiger partial charge is 0.466 e. The Balaban J connectivity index is 3.40. The van der Waals surface area contributed by atoms with Gasteiger partial charge < -0.3 is 20.3 Å². The van der Waals surface area contributed by atoms with Gasteiger partial charge in [-0.3, -0.25) is 9.59 Å². The molecule has 0 spiro atoms. The Labute approximate surface area is 426 Å². The van der Waals surface area contributed by atoms with Crippen molar-refractivity contribution in [2.75, 3.05) is 13.2 Å². The van der Waals surface area contributed by atoms with E-state index in [1.54, 1.807) is 0 Å². The van der Waals surface area contributed by atoms with Gasteiger partial charge in [-0.1, -0.05) is 322 Å². The summed E-state index contributed by atoms with van der Waals surface area (Å²) in [5.74, 6) is -0.0272. The molecule has 0 bridgehead atoms. The van der Waals surface area contributed by atoms with E-state index in [1.807, 2.05) is 0 Å². The maximum absolute atomic E-state index is 12.5. The van der Waals surface area contributed by atoms with E-state index in [0.29, 0.717) is 25.9 Å².